The Bertz CT molecular complexity index is 488. The van der Waals surface area contributed by atoms with Gasteiger partial charge in [-0.2, -0.15) is 0 Å². The fourth-order valence-corrected chi connectivity index (χ4v) is 2.62. The summed E-state index contributed by atoms with van der Waals surface area (Å²) < 4.78 is 5.54. The summed E-state index contributed by atoms with van der Waals surface area (Å²) in [6.45, 7) is 8.55. The van der Waals surface area contributed by atoms with Gasteiger partial charge >= 0.3 is 0 Å². The summed E-state index contributed by atoms with van der Waals surface area (Å²) in [5, 5.41) is 6.38. The first-order chi connectivity index (χ1) is 10.1. The van der Waals surface area contributed by atoms with Crippen LogP contribution >= 0.6 is 0 Å². The van der Waals surface area contributed by atoms with Gasteiger partial charge in [-0.1, -0.05) is 18.6 Å². The second-order valence-corrected chi connectivity index (χ2v) is 5.81. The Morgan fingerprint density at radius 1 is 1.43 bits per heavy atom. The van der Waals surface area contributed by atoms with Gasteiger partial charge < -0.3 is 15.4 Å². The summed E-state index contributed by atoms with van der Waals surface area (Å²) >= 11 is 0. The molecule has 1 fully saturated rings. The lowest BCUT2D eigenvalue weighted by Crippen LogP contribution is -2.32. The summed E-state index contributed by atoms with van der Waals surface area (Å²) in [7, 11) is 0. The molecular weight excluding hydrogens is 264 g/mol. The van der Waals surface area contributed by atoms with Crippen LogP contribution in [-0.4, -0.2) is 31.7 Å². The maximum Gasteiger partial charge on any atom is 0.253 e. The number of ether oxygens (including phenoxy) is 1. The first-order valence-corrected chi connectivity index (χ1v) is 7.86. The van der Waals surface area contributed by atoms with E-state index in [4.69, 9.17) is 4.74 Å². The molecule has 2 unspecified atom stereocenters. The third-order valence-corrected chi connectivity index (χ3v) is 4.04. The van der Waals surface area contributed by atoms with E-state index in [1.165, 1.54) is 0 Å². The van der Waals surface area contributed by atoms with E-state index in [0.29, 0.717) is 12.5 Å². The Labute approximate surface area is 127 Å². The quantitative estimate of drug-likeness (QED) is 0.847. The maximum atomic E-state index is 12.5. The smallest absolute Gasteiger partial charge is 0.253 e. The predicted octanol–water partition coefficient (Wildman–Crippen LogP) is 2.97. The molecule has 4 heteroatoms. The highest BCUT2D eigenvalue weighted by Gasteiger charge is 2.24. The van der Waals surface area contributed by atoms with Crippen LogP contribution in [0.2, 0.25) is 0 Å². The van der Waals surface area contributed by atoms with Crippen molar-refractivity contribution in [3.8, 4) is 0 Å². The molecule has 1 saturated heterocycles. The van der Waals surface area contributed by atoms with E-state index in [1.807, 2.05) is 25.1 Å². The standard InChI is InChI=1S/C17H26N2O2/c1-4-8-18-16-6-5-12(2)10-15(16)17(20)19-11-14-7-9-21-13(14)3/h5-6,10,13-14,18H,4,7-9,11H2,1-3H3,(H,19,20). The molecule has 2 atom stereocenters. The molecule has 1 aliphatic heterocycles. The zero-order valence-corrected chi connectivity index (χ0v) is 13.2. The van der Waals surface area contributed by atoms with Gasteiger partial charge in [-0.3, -0.25) is 4.79 Å². The van der Waals surface area contributed by atoms with Gasteiger partial charge in [-0.25, -0.2) is 0 Å². The Kier molecular flexibility index (Phi) is 5.62. The molecular formula is C17H26N2O2. The molecule has 1 amide bonds. The van der Waals surface area contributed by atoms with Crippen molar-refractivity contribution in [1.29, 1.82) is 0 Å². The Balaban J connectivity index is 2.01. The van der Waals surface area contributed by atoms with Crippen LogP contribution in [-0.2, 0) is 4.74 Å². The van der Waals surface area contributed by atoms with E-state index in [-0.39, 0.29) is 12.0 Å². The molecule has 21 heavy (non-hydrogen) atoms. The number of nitrogens with one attached hydrogen (secondary N) is 2. The second-order valence-electron chi connectivity index (χ2n) is 5.81. The minimum absolute atomic E-state index is 0.00333. The van der Waals surface area contributed by atoms with Gasteiger partial charge in [0.2, 0.25) is 0 Å². The van der Waals surface area contributed by atoms with E-state index in [2.05, 4.69) is 24.5 Å². The van der Waals surface area contributed by atoms with Gasteiger partial charge in [0.05, 0.1) is 11.7 Å². The first-order valence-electron chi connectivity index (χ1n) is 7.86. The van der Waals surface area contributed by atoms with Crippen LogP contribution in [0.5, 0.6) is 0 Å². The third kappa shape index (κ3) is 4.21. The van der Waals surface area contributed by atoms with Gasteiger partial charge in [-0.05, 0) is 38.8 Å². The van der Waals surface area contributed by atoms with Crippen LogP contribution in [0.3, 0.4) is 0 Å². The van der Waals surface area contributed by atoms with Crippen molar-refractivity contribution in [3.63, 3.8) is 0 Å². The fourth-order valence-electron chi connectivity index (χ4n) is 2.62. The molecule has 2 N–H and O–H groups in total. The van der Waals surface area contributed by atoms with E-state index in [9.17, 15) is 4.79 Å². The van der Waals surface area contributed by atoms with Crippen LogP contribution in [0, 0.1) is 12.8 Å². The number of hydrogen-bond acceptors (Lipinski definition) is 3. The van der Waals surface area contributed by atoms with E-state index < -0.39 is 0 Å². The molecule has 2 rings (SSSR count). The van der Waals surface area contributed by atoms with Gasteiger partial charge in [0.25, 0.3) is 5.91 Å². The third-order valence-electron chi connectivity index (χ3n) is 4.04. The Hall–Kier alpha value is -1.55. The molecule has 0 radical (unpaired) electrons. The average Bonchev–Trinajstić information content (AvgIpc) is 2.88. The van der Waals surface area contributed by atoms with Crippen molar-refractivity contribution in [3.05, 3.63) is 29.3 Å². The van der Waals surface area contributed by atoms with Gasteiger partial charge in [-0.15, -0.1) is 0 Å². The topological polar surface area (TPSA) is 50.4 Å². The van der Waals surface area contributed by atoms with Gasteiger partial charge in [0, 0.05) is 31.3 Å². The second kappa shape index (κ2) is 7.46. The number of aryl methyl sites for hydroxylation is 1. The molecule has 0 aliphatic carbocycles. The lowest BCUT2D eigenvalue weighted by Gasteiger charge is -2.16. The van der Waals surface area contributed by atoms with Gasteiger partial charge in [0.1, 0.15) is 0 Å². The van der Waals surface area contributed by atoms with Crippen LogP contribution in [0.4, 0.5) is 5.69 Å². The number of amides is 1. The molecule has 4 nitrogen and oxygen atoms in total. The molecule has 1 aliphatic rings. The Morgan fingerprint density at radius 2 is 2.24 bits per heavy atom. The molecule has 1 aromatic rings. The minimum Gasteiger partial charge on any atom is -0.384 e. The van der Waals surface area contributed by atoms with Crippen molar-refractivity contribution in [2.75, 3.05) is 25.0 Å². The Morgan fingerprint density at radius 3 is 2.90 bits per heavy atom. The molecule has 116 valence electrons. The first kappa shape index (κ1) is 15.8. The van der Waals surface area contributed by atoms with Crippen LogP contribution < -0.4 is 10.6 Å². The lowest BCUT2D eigenvalue weighted by atomic mass is 10.0. The molecule has 0 bridgehead atoms. The number of rotatable bonds is 6. The molecule has 0 aromatic heterocycles. The SMILES string of the molecule is CCCNc1ccc(C)cc1C(=O)NCC1CCOC1C. The van der Waals surface area contributed by atoms with Gasteiger partial charge in [0.15, 0.2) is 0 Å². The van der Waals surface area contributed by atoms with E-state index >= 15 is 0 Å². The fraction of sp³-hybridized carbons (Fsp3) is 0.588. The largest absolute Gasteiger partial charge is 0.384 e. The average molecular weight is 290 g/mol. The van der Waals surface area contributed by atoms with Crippen molar-refractivity contribution < 1.29 is 9.53 Å². The highest BCUT2D eigenvalue weighted by atomic mass is 16.5. The number of carbonyl (C=O) groups is 1. The van der Waals surface area contributed by atoms with Crippen LogP contribution in [0.15, 0.2) is 18.2 Å². The highest BCUT2D eigenvalue weighted by molar-refractivity contribution is 5.99. The monoisotopic (exact) mass is 290 g/mol. The minimum atomic E-state index is -0.00333. The van der Waals surface area contributed by atoms with Crippen molar-refractivity contribution >= 4 is 11.6 Å². The number of benzene rings is 1. The van der Waals surface area contributed by atoms with Crippen LogP contribution in [0.1, 0.15) is 42.6 Å². The highest BCUT2D eigenvalue weighted by Crippen LogP contribution is 2.21. The van der Waals surface area contributed by atoms with Crippen molar-refractivity contribution in [1.82, 2.24) is 5.32 Å². The summed E-state index contributed by atoms with van der Waals surface area (Å²) in [6, 6.07) is 5.96. The summed E-state index contributed by atoms with van der Waals surface area (Å²) in [4.78, 5) is 12.5. The van der Waals surface area contributed by atoms with Crippen LogP contribution in [0.25, 0.3) is 0 Å². The molecule has 1 heterocycles. The molecule has 0 spiro atoms. The van der Waals surface area contributed by atoms with Crippen molar-refractivity contribution in [2.45, 2.75) is 39.7 Å². The lowest BCUT2D eigenvalue weighted by molar-refractivity contribution is 0.0908. The summed E-state index contributed by atoms with van der Waals surface area (Å²) in [5.74, 6) is 0.419. The summed E-state index contributed by atoms with van der Waals surface area (Å²) in [5.41, 5.74) is 2.74. The predicted molar refractivity (Wildman–Crippen MR) is 85.8 cm³/mol. The van der Waals surface area contributed by atoms with Crippen molar-refractivity contribution in [2.24, 2.45) is 5.92 Å². The van der Waals surface area contributed by atoms with E-state index in [0.717, 1.165) is 42.8 Å². The number of hydrogen-bond donors (Lipinski definition) is 2. The molecule has 0 saturated carbocycles. The maximum absolute atomic E-state index is 12.5. The van der Waals surface area contributed by atoms with E-state index in [1.54, 1.807) is 0 Å². The number of carbonyl (C=O) groups excluding carboxylic acids is 1. The zero-order valence-electron chi connectivity index (χ0n) is 13.2. The number of anilines is 1. The molecule has 1 aromatic carbocycles. The normalized spacial score (nSPS) is 21.3. The summed E-state index contributed by atoms with van der Waals surface area (Å²) in [6.07, 6.45) is 2.29. The zero-order chi connectivity index (χ0) is 15.2.